The number of thioether (sulfide) groups is 1. The van der Waals surface area contributed by atoms with Gasteiger partial charge in [-0.05, 0) is 17.7 Å². The molecule has 1 N–H and O–H groups in total. The minimum Gasteiger partial charge on any atom is -0.461 e. The lowest BCUT2D eigenvalue weighted by molar-refractivity contribution is -0.384. The standard InChI is InChI=1S/C15H15NO5S/c17-7-9-22-15(10-13(18)14-2-1-8-21-14)11-3-5-12(6-4-11)16(19)20/h1-6,8,15,17H,7,9-10H2/t15-/m0/s1. The number of nitrogens with zero attached hydrogens (tertiary/aromatic N) is 1. The summed E-state index contributed by atoms with van der Waals surface area (Å²) in [6.45, 7) is 0.00307. The lowest BCUT2D eigenvalue weighted by Gasteiger charge is -2.15. The van der Waals surface area contributed by atoms with Crippen LogP contribution in [0.2, 0.25) is 0 Å². The molecule has 0 aliphatic rings. The number of hydrogen-bond donors (Lipinski definition) is 1. The molecule has 6 nitrogen and oxygen atoms in total. The Kier molecular flexibility index (Phi) is 5.74. The minimum absolute atomic E-state index is 0.00307. The van der Waals surface area contributed by atoms with Gasteiger partial charge in [-0.25, -0.2) is 0 Å². The van der Waals surface area contributed by atoms with Gasteiger partial charge in [0.15, 0.2) is 11.5 Å². The van der Waals surface area contributed by atoms with Gasteiger partial charge in [0.2, 0.25) is 0 Å². The summed E-state index contributed by atoms with van der Waals surface area (Å²) in [6.07, 6.45) is 1.64. The zero-order valence-electron chi connectivity index (χ0n) is 11.7. The molecule has 1 heterocycles. The predicted octanol–water partition coefficient (Wildman–Crippen LogP) is 3.23. The third kappa shape index (κ3) is 4.19. The van der Waals surface area contributed by atoms with Crippen molar-refractivity contribution >= 4 is 23.2 Å². The smallest absolute Gasteiger partial charge is 0.269 e. The van der Waals surface area contributed by atoms with Crippen LogP contribution in [0, 0.1) is 10.1 Å². The Balaban J connectivity index is 2.14. The molecule has 2 aromatic rings. The average molecular weight is 321 g/mol. The number of ketones is 1. The van der Waals surface area contributed by atoms with Crippen LogP contribution in [0.1, 0.15) is 27.8 Å². The van der Waals surface area contributed by atoms with Crippen molar-refractivity contribution in [2.75, 3.05) is 12.4 Å². The normalized spacial score (nSPS) is 12.0. The number of carbonyl (C=O) groups is 1. The summed E-state index contributed by atoms with van der Waals surface area (Å²) in [5.74, 6) is 0.628. The van der Waals surface area contributed by atoms with Crippen molar-refractivity contribution in [1.82, 2.24) is 0 Å². The molecule has 116 valence electrons. The van der Waals surface area contributed by atoms with Gasteiger partial charge in [0.25, 0.3) is 5.69 Å². The van der Waals surface area contributed by atoms with Gasteiger partial charge in [0, 0.05) is 29.6 Å². The number of benzene rings is 1. The van der Waals surface area contributed by atoms with Crippen molar-refractivity contribution in [3.05, 3.63) is 64.1 Å². The number of rotatable bonds is 8. The molecule has 7 heteroatoms. The van der Waals surface area contributed by atoms with Crippen LogP contribution >= 0.6 is 11.8 Å². The Hall–Kier alpha value is -2.12. The van der Waals surface area contributed by atoms with E-state index in [1.165, 1.54) is 30.2 Å². The molecule has 0 saturated carbocycles. The van der Waals surface area contributed by atoms with E-state index in [0.29, 0.717) is 5.75 Å². The number of carbonyl (C=O) groups excluding carboxylic acids is 1. The van der Waals surface area contributed by atoms with E-state index in [1.807, 2.05) is 0 Å². The fraction of sp³-hybridized carbons (Fsp3) is 0.267. The van der Waals surface area contributed by atoms with E-state index in [4.69, 9.17) is 9.52 Å². The van der Waals surface area contributed by atoms with Crippen molar-refractivity contribution in [2.45, 2.75) is 11.7 Å². The van der Waals surface area contributed by atoms with Gasteiger partial charge in [-0.15, -0.1) is 0 Å². The van der Waals surface area contributed by atoms with Crippen molar-refractivity contribution in [1.29, 1.82) is 0 Å². The van der Waals surface area contributed by atoms with E-state index in [1.54, 1.807) is 24.3 Å². The van der Waals surface area contributed by atoms with Gasteiger partial charge >= 0.3 is 0 Å². The first-order valence-corrected chi connectivity index (χ1v) is 7.70. The Morgan fingerprint density at radius 2 is 2.05 bits per heavy atom. The lowest BCUT2D eigenvalue weighted by atomic mass is 10.1. The first-order valence-electron chi connectivity index (χ1n) is 6.65. The number of non-ortho nitro benzene ring substituents is 1. The molecular weight excluding hydrogens is 306 g/mol. The summed E-state index contributed by atoms with van der Waals surface area (Å²) in [4.78, 5) is 22.4. The molecule has 2 rings (SSSR count). The molecule has 0 unspecified atom stereocenters. The van der Waals surface area contributed by atoms with E-state index in [-0.39, 0.29) is 35.5 Å². The third-order valence-corrected chi connectivity index (χ3v) is 4.31. The highest BCUT2D eigenvalue weighted by molar-refractivity contribution is 7.99. The summed E-state index contributed by atoms with van der Waals surface area (Å²) >= 11 is 1.43. The van der Waals surface area contributed by atoms with Crippen LogP contribution in [0.4, 0.5) is 5.69 Å². The van der Waals surface area contributed by atoms with Crippen LogP contribution in [0.5, 0.6) is 0 Å². The minimum atomic E-state index is -0.465. The SMILES string of the molecule is O=C(C[C@H](SCCO)c1ccc([N+](=O)[O-])cc1)c1ccco1. The molecule has 0 bridgehead atoms. The van der Waals surface area contributed by atoms with Gasteiger partial charge < -0.3 is 9.52 Å². The Morgan fingerprint density at radius 1 is 1.32 bits per heavy atom. The number of aliphatic hydroxyl groups is 1. The number of nitro benzene ring substituents is 1. The number of aliphatic hydroxyl groups excluding tert-OH is 1. The quantitative estimate of drug-likeness (QED) is 0.456. The van der Waals surface area contributed by atoms with Crippen molar-refractivity contribution in [2.24, 2.45) is 0 Å². The zero-order chi connectivity index (χ0) is 15.9. The van der Waals surface area contributed by atoms with Crippen molar-refractivity contribution in [3.63, 3.8) is 0 Å². The van der Waals surface area contributed by atoms with Crippen LogP contribution in [0.25, 0.3) is 0 Å². The Morgan fingerprint density at radius 3 is 2.59 bits per heavy atom. The molecule has 0 aliphatic carbocycles. The summed E-state index contributed by atoms with van der Waals surface area (Å²) in [5.41, 5.74) is 0.816. The second kappa shape index (κ2) is 7.77. The molecule has 1 aromatic carbocycles. The van der Waals surface area contributed by atoms with Gasteiger partial charge in [-0.3, -0.25) is 14.9 Å². The largest absolute Gasteiger partial charge is 0.461 e. The topological polar surface area (TPSA) is 93.6 Å². The summed E-state index contributed by atoms with van der Waals surface area (Å²) in [7, 11) is 0. The van der Waals surface area contributed by atoms with E-state index < -0.39 is 4.92 Å². The van der Waals surface area contributed by atoms with Crippen molar-refractivity contribution in [3.8, 4) is 0 Å². The first kappa shape index (κ1) is 16.3. The van der Waals surface area contributed by atoms with Gasteiger partial charge in [-0.2, -0.15) is 11.8 Å². The molecule has 0 radical (unpaired) electrons. The molecule has 0 saturated heterocycles. The van der Waals surface area contributed by atoms with Gasteiger partial charge in [0.05, 0.1) is 17.8 Å². The molecular formula is C15H15NO5S. The van der Waals surface area contributed by atoms with Gasteiger partial charge in [-0.1, -0.05) is 12.1 Å². The van der Waals surface area contributed by atoms with Crippen LogP contribution in [-0.4, -0.2) is 28.2 Å². The average Bonchev–Trinajstić information content (AvgIpc) is 3.06. The zero-order valence-corrected chi connectivity index (χ0v) is 12.5. The third-order valence-electron chi connectivity index (χ3n) is 3.05. The van der Waals surface area contributed by atoms with E-state index >= 15 is 0 Å². The van der Waals surface area contributed by atoms with Crippen LogP contribution in [0.3, 0.4) is 0 Å². The molecule has 0 amide bonds. The maximum atomic E-state index is 12.2. The highest BCUT2D eigenvalue weighted by Gasteiger charge is 2.20. The Labute approximate surface area is 131 Å². The van der Waals surface area contributed by atoms with Gasteiger partial charge in [0.1, 0.15) is 0 Å². The summed E-state index contributed by atoms with van der Waals surface area (Å²) in [5, 5.41) is 19.5. The second-order valence-corrected chi connectivity index (χ2v) is 5.85. The number of furan rings is 1. The molecule has 1 atom stereocenters. The van der Waals surface area contributed by atoms with Crippen LogP contribution < -0.4 is 0 Å². The van der Waals surface area contributed by atoms with E-state index in [2.05, 4.69) is 0 Å². The summed E-state index contributed by atoms with van der Waals surface area (Å²) in [6, 6.07) is 9.37. The fourth-order valence-corrected chi connectivity index (χ4v) is 2.99. The predicted molar refractivity (Wildman–Crippen MR) is 83.0 cm³/mol. The lowest BCUT2D eigenvalue weighted by Crippen LogP contribution is -2.06. The second-order valence-electron chi connectivity index (χ2n) is 4.54. The molecule has 0 fully saturated rings. The number of nitro groups is 1. The Bertz CT molecular complexity index is 624. The maximum Gasteiger partial charge on any atom is 0.269 e. The molecule has 22 heavy (non-hydrogen) atoms. The first-order chi connectivity index (χ1) is 10.6. The van der Waals surface area contributed by atoms with Crippen LogP contribution in [0.15, 0.2) is 47.1 Å². The molecule has 0 aliphatic heterocycles. The highest BCUT2D eigenvalue weighted by atomic mass is 32.2. The molecule has 0 spiro atoms. The van der Waals surface area contributed by atoms with Crippen LogP contribution in [-0.2, 0) is 0 Å². The van der Waals surface area contributed by atoms with E-state index in [0.717, 1.165) is 5.56 Å². The summed E-state index contributed by atoms with van der Waals surface area (Å²) < 4.78 is 5.09. The van der Waals surface area contributed by atoms with Crippen molar-refractivity contribution < 1.29 is 19.2 Å². The maximum absolute atomic E-state index is 12.2. The van der Waals surface area contributed by atoms with E-state index in [9.17, 15) is 14.9 Å². The monoisotopic (exact) mass is 321 g/mol. The molecule has 1 aromatic heterocycles. The number of Topliss-reactive ketones (excluding diaryl/α,β-unsaturated/α-hetero) is 1. The highest BCUT2D eigenvalue weighted by Crippen LogP contribution is 2.34. The number of hydrogen-bond acceptors (Lipinski definition) is 6. The fourth-order valence-electron chi connectivity index (χ4n) is 1.98.